The number of carboxylic acids is 1. The molecule has 0 spiro atoms. The number of carboxylic acid groups (broad SMARTS) is 1. The van der Waals surface area contributed by atoms with Crippen molar-refractivity contribution in [1.29, 1.82) is 0 Å². The molecule has 0 saturated carbocycles. The Morgan fingerprint density at radius 3 is 2.71 bits per heavy atom. The van der Waals surface area contributed by atoms with Crippen LogP contribution in [0.1, 0.15) is 18.9 Å². The number of para-hydroxylation sites is 1. The number of anilines is 1. The van der Waals surface area contributed by atoms with E-state index in [0.717, 1.165) is 5.56 Å². The molecule has 0 atom stereocenters. The van der Waals surface area contributed by atoms with E-state index in [1.54, 1.807) is 31.2 Å². The lowest BCUT2D eigenvalue weighted by Gasteiger charge is -2.07. The fourth-order valence-electron chi connectivity index (χ4n) is 1.37. The van der Waals surface area contributed by atoms with E-state index in [1.165, 1.54) is 0 Å². The molecular weight excluding hydrogens is 218 g/mol. The van der Waals surface area contributed by atoms with Crippen LogP contribution < -0.4 is 5.32 Å². The lowest BCUT2D eigenvalue weighted by Crippen LogP contribution is -2.10. The summed E-state index contributed by atoms with van der Waals surface area (Å²) >= 11 is 0. The highest BCUT2D eigenvalue weighted by Crippen LogP contribution is 2.16. The standard InChI is InChI=1S/C13H13NO3/c1-2-5-12(15)14-11-7-4-3-6-10(11)8-9-13(16)17/h3-4,6-7H,8-9H2,1H3,(H,14,15)(H,16,17). The van der Waals surface area contributed by atoms with Crippen LogP contribution in [0.4, 0.5) is 5.69 Å². The Balaban J connectivity index is 2.79. The monoisotopic (exact) mass is 231 g/mol. The van der Waals surface area contributed by atoms with Gasteiger partial charge in [-0.05, 0) is 30.9 Å². The summed E-state index contributed by atoms with van der Waals surface area (Å²) < 4.78 is 0. The predicted octanol–water partition coefficient (Wildman–Crippen LogP) is 1.67. The molecule has 0 aliphatic carbocycles. The van der Waals surface area contributed by atoms with Crippen LogP contribution in [0.15, 0.2) is 24.3 Å². The van der Waals surface area contributed by atoms with Crippen molar-refractivity contribution in [3.8, 4) is 11.8 Å². The van der Waals surface area contributed by atoms with Gasteiger partial charge >= 0.3 is 5.97 Å². The van der Waals surface area contributed by atoms with Gasteiger partial charge in [0, 0.05) is 12.1 Å². The van der Waals surface area contributed by atoms with Crippen molar-refractivity contribution in [3.05, 3.63) is 29.8 Å². The van der Waals surface area contributed by atoms with E-state index in [4.69, 9.17) is 5.11 Å². The summed E-state index contributed by atoms with van der Waals surface area (Å²) in [4.78, 5) is 21.8. The number of hydrogen-bond donors (Lipinski definition) is 2. The third-order valence-electron chi connectivity index (χ3n) is 2.11. The normalized spacial score (nSPS) is 9.00. The van der Waals surface area contributed by atoms with Gasteiger partial charge in [-0.25, -0.2) is 0 Å². The van der Waals surface area contributed by atoms with Crippen LogP contribution in [0.3, 0.4) is 0 Å². The van der Waals surface area contributed by atoms with E-state index in [1.807, 2.05) is 0 Å². The van der Waals surface area contributed by atoms with E-state index in [0.29, 0.717) is 12.1 Å². The molecule has 2 N–H and O–H groups in total. The fraction of sp³-hybridized carbons (Fsp3) is 0.231. The van der Waals surface area contributed by atoms with Crippen LogP contribution in [-0.2, 0) is 16.0 Å². The molecular formula is C13H13NO3. The zero-order valence-electron chi connectivity index (χ0n) is 9.49. The molecule has 1 aromatic rings. The minimum atomic E-state index is -0.862. The highest BCUT2D eigenvalue weighted by Gasteiger charge is 2.06. The molecule has 0 aliphatic heterocycles. The average molecular weight is 231 g/mol. The van der Waals surface area contributed by atoms with Crippen LogP contribution in [-0.4, -0.2) is 17.0 Å². The summed E-state index contributed by atoms with van der Waals surface area (Å²) in [5.41, 5.74) is 1.41. The summed E-state index contributed by atoms with van der Waals surface area (Å²) in [7, 11) is 0. The first-order valence-corrected chi connectivity index (χ1v) is 5.17. The topological polar surface area (TPSA) is 66.4 Å². The molecule has 1 aromatic carbocycles. The second-order valence-corrected chi connectivity index (χ2v) is 3.38. The molecule has 1 rings (SSSR count). The maximum absolute atomic E-state index is 11.3. The number of aryl methyl sites for hydroxylation is 1. The summed E-state index contributed by atoms with van der Waals surface area (Å²) in [5.74, 6) is 3.62. The molecule has 0 fully saturated rings. The van der Waals surface area contributed by atoms with Gasteiger partial charge in [0.05, 0.1) is 0 Å². The van der Waals surface area contributed by atoms with Crippen molar-refractivity contribution in [2.45, 2.75) is 19.8 Å². The first-order chi connectivity index (χ1) is 8.13. The van der Waals surface area contributed by atoms with Gasteiger partial charge in [0.15, 0.2) is 0 Å². The molecule has 0 saturated heterocycles. The van der Waals surface area contributed by atoms with Gasteiger partial charge in [0.25, 0.3) is 5.91 Å². The highest BCUT2D eigenvalue weighted by molar-refractivity contribution is 6.04. The third kappa shape index (κ3) is 4.39. The zero-order valence-corrected chi connectivity index (χ0v) is 9.49. The summed E-state index contributed by atoms with van der Waals surface area (Å²) in [6.07, 6.45) is 0.414. The van der Waals surface area contributed by atoms with Gasteiger partial charge in [-0.2, -0.15) is 0 Å². The number of rotatable bonds is 4. The van der Waals surface area contributed by atoms with Gasteiger partial charge in [-0.1, -0.05) is 24.1 Å². The third-order valence-corrected chi connectivity index (χ3v) is 2.11. The number of carbonyl (C=O) groups excluding carboxylic acids is 1. The first-order valence-electron chi connectivity index (χ1n) is 5.17. The number of carbonyl (C=O) groups is 2. The van der Waals surface area contributed by atoms with Crippen molar-refractivity contribution >= 4 is 17.6 Å². The van der Waals surface area contributed by atoms with E-state index in [-0.39, 0.29) is 6.42 Å². The Kier molecular flexibility index (Phi) is 4.77. The van der Waals surface area contributed by atoms with E-state index in [9.17, 15) is 9.59 Å². The average Bonchev–Trinajstić information content (AvgIpc) is 2.28. The number of benzene rings is 1. The van der Waals surface area contributed by atoms with E-state index in [2.05, 4.69) is 17.2 Å². The molecule has 88 valence electrons. The quantitative estimate of drug-likeness (QED) is 0.774. The maximum Gasteiger partial charge on any atom is 0.303 e. The smallest absolute Gasteiger partial charge is 0.303 e. The molecule has 0 heterocycles. The Hall–Kier alpha value is -2.28. The minimum absolute atomic E-state index is 0.0341. The van der Waals surface area contributed by atoms with Gasteiger partial charge in [0.1, 0.15) is 0 Å². The van der Waals surface area contributed by atoms with E-state index >= 15 is 0 Å². The molecule has 0 radical (unpaired) electrons. The summed E-state index contributed by atoms with van der Waals surface area (Å²) in [6, 6.07) is 7.10. The van der Waals surface area contributed by atoms with Gasteiger partial charge in [0.2, 0.25) is 0 Å². The molecule has 0 bridgehead atoms. The summed E-state index contributed by atoms with van der Waals surface area (Å²) in [5, 5.41) is 11.3. The van der Waals surface area contributed by atoms with Gasteiger partial charge < -0.3 is 10.4 Å². The SMILES string of the molecule is CC#CC(=O)Nc1ccccc1CCC(=O)O. The fourth-order valence-corrected chi connectivity index (χ4v) is 1.37. The minimum Gasteiger partial charge on any atom is -0.481 e. The second kappa shape index (κ2) is 6.33. The molecule has 0 unspecified atom stereocenters. The molecule has 4 nitrogen and oxygen atoms in total. The zero-order chi connectivity index (χ0) is 12.7. The van der Waals surface area contributed by atoms with Gasteiger partial charge in [-0.3, -0.25) is 9.59 Å². The Labute approximate surface area is 99.7 Å². The molecule has 17 heavy (non-hydrogen) atoms. The van der Waals surface area contributed by atoms with Crippen molar-refractivity contribution in [1.82, 2.24) is 0 Å². The Morgan fingerprint density at radius 2 is 2.06 bits per heavy atom. The van der Waals surface area contributed by atoms with Crippen LogP contribution in [0.2, 0.25) is 0 Å². The lowest BCUT2D eigenvalue weighted by molar-refractivity contribution is -0.136. The molecule has 0 aromatic heterocycles. The maximum atomic E-state index is 11.3. The first kappa shape index (κ1) is 12.8. The van der Waals surface area contributed by atoms with Crippen molar-refractivity contribution < 1.29 is 14.7 Å². The van der Waals surface area contributed by atoms with Crippen LogP contribution in [0.25, 0.3) is 0 Å². The van der Waals surface area contributed by atoms with Crippen LogP contribution in [0.5, 0.6) is 0 Å². The highest BCUT2D eigenvalue weighted by atomic mass is 16.4. The lowest BCUT2D eigenvalue weighted by atomic mass is 10.1. The summed E-state index contributed by atoms with van der Waals surface area (Å²) in [6.45, 7) is 1.58. The van der Waals surface area contributed by atoms with Crippen molar-refractivity contribution in [2.24, 2.45) is 0 Å². The molecule has 4 heteroatoms. The van der Waals surface area contributed by atoms with Crippen LogP contribution in [0, 0.1) is 11.8 Å². The molecule has 0 aliphatic rings. The van der Waals surface area contributed by atoms with Gasteiger partial charge in [-0.15, -0.1) is 0 Å². The Bertz CT molecular complexity index is 483. The van der Waals surface area contributed by atoms with Crippen LogP contribution >= 0.6 is 0 Å². The predicted molar refractivity (Wildman–Crippen MR) is 64.5 cm³/mol. The second-order valence-electron chi connectivity index (χ2n) is 3.38. The van der Waals surface area contributed by atoms with E-state index < -0.39 is 11.9 Å². The number of nitrogens with one attached hydrogen (secondary N) is 1. The molecule has 1 amide bonds. The Morgan fingerprint density at radius 1 is 1.35 bits per heavy atom. The van der Waals surface area contributed by atoms with Crippen molar-refractivity contribution in [3.63, 3.8) is 0 Å². The number of hydrogen-bond acceptors (Lipinski definition) is 2. The largest absolute Gasteiger partial charge is 0.481 e. The number of aliphatic carboxylic acids is 1. The number of amides is 1. The van der Waals surface area contributed by atoms with Crippen molar-refractivity contribution in [2.75, 3.05) is 5.32 Å².